The van der Waals surface area contributed by atoms with Crippen molar-refractivity contribution < 1.29 is 36.3 Å². The number of esters is 1. The molecule has 2 atom stereocenters. The van der Waals surface area contributed by atoms with Gasteiger partial charge in [-0.2, -0.15) is 0 Å². The van der Waals surface area contributed by atoms with E-state index in [1.54, 1.807) is 23.1 Å². The minimum Gasteiger partial charge on any atom is -0.469 e. The Labute approximate surface area is 231 Å². The topological polar surface area (TPSA) is 151 Å². The molecule has 0 aromatic heterocycles. The first-order valence-corrected chi connectivity index (χ1v) is 14.4. The maximum absolute atomic E-state index is 13.5. The summed E-state index contributed by atoms with van der Waals surface area (Å²) in [4.78, 5) is 41.2. The Hall–Kier alpha value is -3.62. The highest BCUT2D eigenvalue weighted by molar-refractivity contribution is 7.92. The number of amides is 2. The summed E-state index contributed by atoms with van der Waals surface area (Å²) in [5.41, 5.74) is 7.28. The number of methoxy groups -OCH3 is 1. The normalized spacial score (nSPS) is 16.7. The van der Waals surface area contributed by atoms with Crippen molar-refractivity contribution in [3.05, 3.63) is 59.7 Å². The number of rotatable bonds is 11. The molecule has 0 radical (unpaired) electrons. The van der Waals surface area contributed by atoms with Gasteiger partial charge in [0.1, 0.15) is 0 Å². The van der Waals surface area contributed by atoms with Crippen LogP contribution in [0.4, 0.5) is 20.2 Å². The van der Waals surface area contributed by atoms with E-state index in [-0.39, 0.29) is 50.7 Å². The number of hydrogen-bond donors (Lipinski definition) is 3. The van der Waals surface area contributed by atoms with E-state index in [4.69, 9.17) is 10.5 Å². The van der Waals surface area contributed by atoms with Crippen LogP contribution < -0.4 is 15.8 Å². The largest absolute Gasteiger partial charge is 0.469 e. The molecule has 0 aliphatic carbocycles. The zero-order valence-corrected chi connectivity index (χ0v) is 23.0. The Kier molecular flexibility index (Phi) is 10.5. The second kappa shape index (κ2) is 13.6. The van der Waals surface area contributed by atoms with Crippen LogP contribution in [-0.2, 0) is 35.6 Å². The minimum atomic E-state index is -3.48. The number of sulfonamides is 1. The van der Waals surface area contributed by atoms with Crippen LogP contribution in [0.25, 0.3) is 0 Å². The average Bonchev–Trinajstić information content (AvgIpc) is 2.85. The molecule has 1 heterocycles. The molecule has 3 rings (SSSR count). The van der Waals surface area contributed by atoms with Gasteiger partial charge in [-0.05, 0) is 42.3 Å². The van der Waals surface area contributed by atoms with Crippen molar-refractivity contribution >= 4 is 39.2 Å². The Morgan fingerprint density at radius 2 is 1.82 bits per heavy atom. The van der Waals surface area contributed by atoms with Gasteiger partial charge in [0, 0.05) is 37.8 Å². The summed E-state index contributed by atoms with van der Waals surface area (Å²) in [5.74, 6) is -3.14. The van der Waals surface area contributed by atoms with Crippen LogP contribution in [0.5, 0.6) is 0 Å². The standard InChI is InChI=1S/C26H33F2N5O6S/c1-39-26(36)14-21-15-32(16-24(34)30-19-4-3-5-20(13-19)31-40(2,37)38)8-9-33(21)25(35)12-18(29)10-17-6-7-22(27)23(28)11-17/h3-7,11,13,18,21,31H,8-10,12,14-16,29H2,1-2H3,(H,30,34). The van der Waals surface area contributed by atoms with Gasteiger partial charge in [0.05, 0.1) is 38.1 Å². The summed E-state index contributed by atoms with van der Waals surface area (Å²) in [6.45, 7) is 0.784. The van der Waals surface area contributed by atoms with Crippen LogP contribution in [0.2, 0.25) is 0 Å². The highest BCUT2D eigenvalue weighted by atomic mass is 32.2. The van der Waals surface area contributed by atoms with Gasteiger partial charge >= 0.3 is 5.97 Å². The molecular formula is C26H33F2N5O6S. The number of hydrogen-bond acceptors (Lipinski definition) is 8. The van der Waals surface area contributed by atoms with Gasteiger partial charge in [-0.3, -0.25) is 24.0 Å². The number of carbonyl (C=O) groups is 3. The molecular weight excluding hydrogens is 548 g/mol. The van der Waals surface area contributed by atoms with Gasteiger partial charge in [0.2, 0.25) is 21.8 Å². The molecule has 2 aromatic rings. The Balaban J connectivity index is 1.60. The summed E-state index contributed by atoms with van der Waals surface area (Å²) in [6.07, 6.45) is 1.02. The number of nitrogens with two attached hydrogens (primary N) is 1. The quantitative estimate of drug-likeness (QED) is 0.336. The third kappa shape index (κ3) is 9.54. The van der Waals surface area contributed by atoms with Crippen molar-refractivity contribution in [3.63, 3.8) is 0 Å². The summed E-state index contributed by atoms with van der Waals surface area (Å²) >= 11 is 0. The molecule has 11 nitrogen and oxygen atoms in total. The number of benzene rings is 2. The van der Waals surface area contributed by atoms with Crippen LogP contribution in [-0.4, -0.2) is 87.6 Å². The van der Waals surface area contributed by atoms with Crippen molar-refractivity contribution in [1.82, 2.24) is 9.80 Å². The number of halogens is 2. The summed E-state index contributed by atoms with van der Waals surface area (Å²) in [7, 11) is -2.24. The van der Waals surface area contributed by atoms with E-state index in [2.05, 4.69) is 10.0 Å². The van der Waals surface area contributed by atoms with Crippen LogP contribution >= 0.6 is 0 Å². The van der Waals surface area contributed by atoms with E-state index in [1.165, 1.54) is 24.1 Å². The first-order valence-electron chi connectivity index (χ1n) is 12.5. The van der Waals surface area contributed by atoms with E-state index in [1.807, 2.05) is 0 Å². The molecule has 1 aliphatic rings. The smallest absolute Gasteiger partial charge is 0.307 e. The van der Waals surface area contributed by atoms with E-state index in [9.17, 15) is 31.6 Å². The molecule has 218 valence electrons. The van der Waals surface area contributed by atoms with E-state index < -0.39 is 39.7 Å². The molecule has 2 aromatic carbocycles. The van der Waals surface area contributed by atoms with Gasteiger partial charge < -0.3 is 20.7 Å². The van der Waals surface area contributed by atoms with Crippen molar-refractivity contribution in [1.29, 1.82) is 0 Å². The number of ether oxygens (including phenoxy) is 1. The molecule has 2 unspecified atom stereocenters. The molecule has 2 amide bonds. The average molecular weight is 582 g/mol. The molecule has 1 fully saturated rings. The molecule has 0 spiro atoms. The molecule has 14 heteroatoms. The zero-order valence-electron chi connectivity index (χ0n) is 22.2. The lowest BCUT2D eigenvalue weighted by Crippen LogP contribution is -2.57. The zero-order chi connectivity index (χ0) is 29.4. The van der Waals surface area contributed by atoms with Crippen molar-refractivity contribution in [2.45, 2.75) is 31.3 Å². The first kappa shape index (κ1) is 30.9. The Bertz CT molecular complexity index is 1340. The fourth-order valence-corrected chi connectivity index (χ4v) is 5.06. The molecule has 1 aliphatic heterocycles. The van der Waals surface area contributed by atoms with Crippen LogP contribution in [0.1, 0.15) is 18.4 Å². The molecule has 40 heavy (non-hydrogen) atoms. The predicted molar refractivity (Wildman–Crippen MR) is 145 cm³/mol. The van der Waals surface area contributed by atoms with Gasteiger partial charge in [0.15, 0.2) is 11.6 Å². The Morgan fingerprint density at radius 3 is 2.50 bits per heavy atom. The highest BCUT2D eigenvalue weighted by Gasteiger charge is 2.33. The third-order valence-electron chi connectivity index (χ3n) is 6.25. The van der Waals surface area contributed by atoms with Gasteiger partial charge in [-0.25, -0.2) is 17.2 Å². The van der Waals surface area contributed by atoms with Crippen LogP contribution in [0.15, 0.2) is 42.5 Å². The summed E-state index contributed by atoms with van der Waals surface area (Å²) in [5, 5.41) is 2.72. The maximum atomic E-state index is 13.5. The summed E-state index contributed by atoms with van der Waals surface area (Å²) in [6, 6.07) is 8.47. The second-order valence-corrected chi connectivity index (χ2v) is 11.4. The summed E-state index contributed by atoms with van der Waals surface area (Å²) < 4.78 is 56.8. The number of nitrogens with one attached hydrogen (secondary N) is 2. The predicted octanol–water partition coefficient (Wildman–Crippen LogP) is 1.31. The number of piperazine rings is 1. The molecule has 4 N–H and O–H groups in total. The maximum Gasteiger partial charge on any atom is 0.307 e. The molecule has 0 saturated carbocycles. The van der Waals surface area contributed by atoms with Crippen molar-refractivity contribution in [2.75, 3.05) is 49.6 Å². The monoisotopic (exact) mass is 581 g/mol. The van der Waals surface area contributed by atoms with E-state index in [0.29, 0.717) is 23.5 Å². The van der Waals surface area contributed by atoms with Crippen LogP contribution in [0, 0.1) is 11.6 Å². The van der Waals surface area contributed by atoms with E-state index in [0.717, 1.165) is 18.4 Å². The lowest BCUT2D eigenvalue weighted by atomic mass is 10.0. The lowest BCUT2D eigenvalue weighted by Gasteiger charge is -2.41. The first-order chi connectivity index (χ1) is 18.8. The van der Waals surface area contributed by atoms with E-state index >= 15 is 0 Å². The van der Waals surface area contributed by atoms with Crippen molar-refractivity contribution in [3.8, 4) is 0 Å². The third-order valence-corrected chi connectivity index (χ3v) is 6.86. The number of carbonyl (C=O) groups excluding carboxylic acids is 3. The molecule has 1 saturated heterocycles. The van der Waals surface area contributed by atoms with Crippen molar-refractivity contribution in [2.24, 2.45) is 5.73 Å². The Morgan fingerprint density at radius 1 is 1.10 bits per heavy atom. The van der Waals surface area contributed by atoms with Gasteiger partial charge in [0.25, 0.3) is 0 Å². The van der Waals surface area contributed by atoms with Gasteiger partial charge in [-0.15, -0.1) is 0 Å². The SMILES string of the molecule is COC(=O)CC1CN(CC(=O)Nc2cccc(NS(C)(=O)=O)c2)CCN1C(=O)CC(N)Cc1ccc(F)c(F)c1. The lowest BCUT2D eigenvalue weighted by molar-refractivity contribution is -0.145. The number of anilines is 2. The fourth-order valence-electron chi connectivity index (χ4n) is 4.50. The van der Waals surface area contributed by atoms with Gasteiger partial charge in [-0.1, -0.05) is 12.1 Å². The fraction of sp³-hybridized carbons (Fsp3) is 0.423. The molecule has 0 bridgehead atoms. The number of nitrogens with zero attached hydrogens (tertiary/aromatic N) is 2. The second-order valence-electron chi connectivity index (χ2n) is 9.68. The minimum absolute atomic E-state index is 0.0287. The highest BCUT2D eigenvalue weighted by Crippen LogP contribution is 2.19. The van der Waals surface area contributed by atoms with Crippen LogP contribution in [0.3, 0.4) is 0 Å².